The van der Waals surface area contributed by atoms with Crippen LogP contribution in [0.1, 0.15) is 51.9 Å². The first-order valence-electron chi connectivity index (χ1n) is 5.19. The lowest BCUT2D eigenvalue weighted by molar-refractivity contribution is 0.504. The summed E-state index contributed by atoms with van der Waals surface area (Å²) in [5, 5.41) is 0. The predicted molar refractivity (Wildman–Crippen MR) is 67.2 cm³/mol. The molecule has 3 heteroatoms. The SMILES string of the molecule is C1CCCCC1.CCCSC(N)=S. The van der Waals surface area contributed by atoms with Crippen molar-refractivity contribution in [1.82, 2.24) is 0 Å². The second-order valence-electron chi connectivity index (χ2n) is 3.29. The highest BCUT2D eigenvalue weighted by Gasteiger charge is 1.95. The molecule has 2 N–H and O–H groups in total. The molecule has 0 radical (unpaired) electrons. The van der Waals surface area contributed by atoms with Crippen molar-refractivity contribution in [1.29, 1.82) is 0 Å². The minimum atomic E-state index is 0.557. The van der Waals surface area contributed by atoms with Gasteiger partial charge in [-0.15, -0.1) is 0 Å². The van der Waals surface area contributed by atoms with Gasteiger partial charge in [0.15, 0.2) is 0 Å². The molecule has 78 valence electrons. The van der Waals surface area contributed by atoms with Crippen molar-refractivity contribution in [2.75, 3.05) is 5.75 Å². The van der Waals surface area contributed by atoms with Crippen molar-refractivity contribution in [3.8, 4) is 0 Å². The molecule has 0 bridgehead atoms. The molecular formula is C10H21NS2. The Labute approximate surface area is 91.8 Å². The van der Waals surface area contributed by atoms with Crippen molar-refractivity contribution in [2.45, 2.75) is 51.9 Å². The van der Waals surface area contributed by atoms with Gasteiger partial charge in [-0.05, 0) is 12.2 Å². The molecular weight excluding hydrogens is 198 g/mol. The molecule has 0 aromatic rings. The van der Waals surface area contributed by atoms with Crippen molar-refractivity contribution >= 4 is 28.3 Å². The van der Waals surface area contributed by atoms with E-state index < -0.39 is 0 Å². The maximum atomic E-state index is 5.17. The third-order valence-electron chi connectivity index (χ3n) is 1.95. The fourth-order valence-electron chi connectivity index (χ4n) is 1.26. The number of nitrogens with two attached hydrogens (primary N) is 1. The second kappa shape index (κ2) is 10.3. The minimum absolute atomic E-state index is 0.557. The topological polar surface area (TPSA) is 26.0 Å². The second-order valence-corrected chi connectivity index (χ2v) is 5.12. The summed E-state index contributed by atoms with van der Waals surface area (Å²) >= 11 is 6.14. The van der Waals surface area contributed by atoms with Crippen LogP contribution in [0, 0.1) is 0 Å². The van der Waals surface area contributed by atoms with Gasteiger partial charge in [0.25, 0.3) is 0 Å². The fourth-order valence-corrected chi connectivity index (χ4v) is 1.92. The minimum Gasteiger partial charge on any atom is -0.385 e. The van der Waals surface area contributed by atoms with Crippen molar-refractivity contribution in [3.05, 3.63) is 0 Å². The molecule has 1 saturated carbocycles. The Balaban J connectivity index is 0.000000223. The first kappa shape index (κ1) is 13.2. The standard InChI is InChI=1S/C6H12.C4H9NS2/c1-2-4-6-5-3-1;1-2-3-7-4(5)6/h1-6H2;2-3H2,1H3,(H2,5,6). The van der Waals surface area contributed by atoms with E-state index in [0.29, 0.717) is 4.32 Å². The first-order chi connectivity index (χ1) is 6.27. The van der Waals surface area contributed by atoms with Crippen molar-refractivity contribution in [3.63, 3.8) is 0 Å². The number of thiocarbonyl (C=S) groups is 1. The molecule has 13 heavy (non-hydrogen) atoms. The van der Waals surface area contributed by atoms with Crippen molar-refractivity contribution in [2.24, 2.45) is 5.73 Å². The molecule has 0 saturated heterocycles. The zero-order valence-corrected chi connectivity index (χ0v) is 10.2. The molecule has 0 heterocycles. The van der Waals surface area contributed by atoms with E-state index in [1.54, 1.807) is 11.8 Å². The van der Waals surface area contributed by atoms with Gasteiger partial charge in [0.2, 0.25) is 0 Å². The van der Waals surface area contributed by atoms with E-state index in [-0.39, 0.29) is 0 Å². The quantitative estimate of drug-likeness (QED) is 0.717. The van der Waals surface area contributed by atoms with Crippen LogP contribution in [0.5, 0.6) is 0 Å². The van der Waals surface area contributed by atoms with Crippen LogP contribution in [-0.2, 0) is 0 Å². The zero-order valence-electron chi connectivity index (χ0n) is 8.55. The Bertz CT molecular complexity index is 111. The van der Waals surface area contributed by atoms with Crippen LogP contribution in [0.2, 0.25) is 0 Å². The normalized spacial score (nSPS) is 15.8. The molecule has 0 aromatic carbocycles. The van der Waals surface area contributed by atoms with E-state index in [1.165, 1.54) is 38.5 Å². The summed E-state index contributed by atoms with van der Waals surface area (Å²) in [6, 6.07) is 0. The molecule has 0 aromatic heterocycles. The predicted octanol–water partition coefficient (Wildman–Crippen LogP) is 3.71. The van der Waals surface area contributed by atoms with Gasteiger partial charge in [-0.3, -0.25) is 0 Å². The fraction of sp³-hybridized carbons (Fsp3) is 0.900. The first-order valence-corrected chi connectivity index (χ1v) is 6.59. The molecule has 1 rings (SSSR count). The summed E-state index contributed by atoms with van der Waals surface area (Å²) < 4.78 is 0.557. The number of rotatable bonds is 2. The summed E-state index contributed by atoms with van der Waals surface area (Å²) in [5.74, 6) is 1.05. The molecule has 1 aliphatic rings. The summed E-state index contributed by atoms with van der Waals surface area (Å²) in [5.41, 5.74) is 5.17. The molecule has 1 nitrogen and oxygen atoms in total. The maximum Gasteiger partial charge on any atom is 0.131 e. The average molecular weight is 219 g/mol. The summed E-state index contributed by atoms with van der Waals surface area (Å²) in [4.78, 5) is 0. The van der Waals surface area contributed by atoms with Crippen LogP contribution in [0.3, 0.4) is 0 Å². The lowest BCUT2D eigenvalue weighted by Gasteiger charge is -2.05. The van der Waals surface area contributed by atoms with Crippen LogP contribution in [-0.4, -0.2) is 10.1 Å². The Morgan fingerprint density at radius 3 is 1.69 bits per heavy atom. The molecule has 0 unspecified atom stereocenters. The Kier molecular flexibility index (Phi) is 10.5. The van der Waals surface area contributed by atoms with Crippen LogP contribution in [0.4, 0.5) is 0 Å². The lowest BCUT2D eigenvalue weighted by atomic mass is 10.0. The van der Waals surface area contributed by atoms with Gasteiger partial charge < -0.3 is 5.73 Å². The van der Waals surface area contributed by atoms with Gasteiger partial charge >= 0.3 is 0 Å². The number of hydrogen-bond acceptors (Lipinski definition) is 2. The molecule has 1 aliphatic carbocycles. The third-order valence-corrected chi connectivity index (χ3v) is 3.20. The lowest BCUT2D eigenvalue weighted by Crippen LogP contribution is -2.01. The van der Waals surface area contributed by atoms with E-state index in [9.17, 15) is 0 Å². The molecule has 0 aliphatic heterocycles. The van der Waals surface area contributed by atoms with Gasteiger partial charge in [0.1, 0.15) is 4.32 Å². The van der Waals surface area contributed by atoms with Gasteiger partial charge in [-0.25, -0.2) is 0 Å². The molecule has 0 amide bonds. The Morgan fingerprint density at radius 1 is 1.15 bits per heavy atom. The van der Waals surface area contributed by atoms with E-state index in [0.717, 1.165) is 12.2 Å². The van der Waals surface area contributed by atoms with E-state index >= 15 is 0 Å². The van der Waals surface area contributed by atoms with Gasteiger partial charge in [-0.2, -0.15) is 0 Å². The molecule has 0 atom stereocenters. The Hall–Kier alpha value is 0.240. The largest absolute Gasteiger partial charge is 0.385 e. The summed E-state index contributed by atoms with van der Waals surface area (Å²) in [6.45, 7) is 2.10. The maximum absolute atomic E-state index is 5.17. The van der Waals surface area contributed by atoms with Crippen LogP contribution in [0.25, 0.3) is 0 Å². The zero-order chi connectivity index (χ0) is 9.94. The van der Waals surface area contributed by atoms with Crippen LogP contribution < -0.4 is 5.73 Å². The van der Waals surface area contributed by atoms with Gasteiger partial charge in [0.05, 0.1) is 0 Å². The molecule has 0 spiro atoms. The molecule has 1 fully saturated rings. The van der Waals surface area contributed by atoms with E-state index in [4.69, 9.17) is 5.73 Å². The number of hydrogen-bond donors (Lipinski definition) is 1. The monoisotopic (exact) mass is 219 g/mol. The van der Waals surface area contributed by atoms with Gasteiger partial charge in [-0.1, -0.05) is 69.4 Å². The highest BCUT2D eigenvalue weighted by Crippen LogP contribution is 2.15. The third kappa shape index (κ3) is 12.2. The average Bonchev–Trinajstić information content (AvgIpc) is 2.18. The van der Waals surface area contributed by atoms with E-state index in [2.05, 4.69) is 19.1 Å². The summed E-state index contributed by atoms with van der Waals surface area (Å²) in [6.07, 6.45) is 10.1. The van der Waals surface area contributed by atoms with Gasteiger partial charge in [0, 0.05) is 0 Å². The Morgan fingerprint density at radius 2 is 1.54 bits per heavy atom. The highest BCUT2D eigenvalue weighted by molar-refractivity contribution is 8.22. The van der Waals surface area contributed by atoms with Crippen LogP contribution >= 0.6 is 24.0 Å². The van der Waals surface area contributed by atoms with Crippen LogP contribution in [0.15, 0.2) is 0 Å². The summed E-state index contributed by atoms with van der Waals surface area (Å²) in [7, 11) is 0. The highest BCUT2D eigenvalue weighted by atomic mass is 32.2. The van der Waals surface area contributed by atoms with E-state index in [1.807, 2.05) is 0 Å². The number of thioether (sulfide) groups is 1. The smallest absolute Gasteiger partial charge is 0.131 e. The van der Waals surface area contributed by atoms with Crippen molar-refractivity contribution < 1.29 is 0 Å².